The molecule has 196 valence electrons. The van der Waals surface area contributed by atoms with Crippen LogP contribution in [0.2, 0.25) is 0 Å². The lowest BCUT2D eigenvalue weighted by Gasteiger charge is -2.35. The molecule has 0 N–H and O–H groups in total. The van der Waals surface area contributed by atoms with E-state index in [1.54, 1.807) is 46.7 Å². The lowest BCUT2D eigenvalue weighted by atomic mass is 10.1. The van der Waals surface area contributed by atoms with Gasteiger partial charge in [-0.15, -0.1) is 0 Å². The van der Waals surface area contributed by atoms with E-state index in [4.69, 9.17) is 0 Å². The molecule has 35 heavy (non-hydrogen) atoms. The minimum Gasteiger partial charge on any atom is -0.388 e. The molecule has 1 aliphatic rings. The topological polar surface area (TPSA) is 72.0 Å². The second-order valence-corrected chi connectivity index (χ2v) is 9.32. The van der Waals surface area contributed by atoms with Crippen molar-refractivity contribution in [2.45, 2.75) is 25.7 Å². The summed E-state index contributed by atoms with van der Waals surface area (Å²) in [5, 5.41) is 0.859. The maximum Gasteiger partial charge on any atom is 0.210 e. The number of fused-ring (bicyclic) bond motifs is 1. The van der Waals surface area contributed by atoms with Crippen molar-refractivity contribution < 1.29 is 17.9 Å². The van der Waals surface area contributed by atoms with Crippen molar-refractivity contribution in [2.75, 3.05) is 66.6 Å². The zero-order valence-electron chi connectivity index (χ0n) is 22.6. The number of likely N-dealkylation sites (N-methyl/N-ethyl adjacent to an activating group) is 1. The zero-order chi connectivity index (χ0) is 26.9. The van der Waals surface area contributed by atoms with E-state index in [-0.39, 0.29) is 9.80 Å². The summed E-state index contributed by atoms with van der Waals surface area (Å²) in [6, 6.07) is 7.69. The molecule has 1 saturated heterocycles. The van der Waals surface area contributed by atoms with Gasteiger partial charge >= 0.3 is 0 Å². The fourth-order valence-electron chi connectivity index (χ4n) is 3.25. The number of rotatable bonds is 5. The van der Waals surface area contributed by atoms with E-state index in [0.29, 0.717) is 0 Å². The van der Waals surface area contributed by atoms with Crippen molar-refractivity contribution in [2.24, 2.45) is 0 Å². The number of pyridine rings is 1. The minimum absolute atomic E-state index is 0.174. The summed E-state index contributed by atoms with van der Waals surface area (Å²) < 4.78 is 35.3. The van der Waals surface area contributed by atoms with Gasteiger partial charge in [0.1, 0.15) is 4.90 Å². The van der Waals surface area contributed by atoms with Crippen molar-refractivity contribution in [1.82, 2.24) is 9.88 Å². The standard InChI is InChI=1S/C21H25N3O2S.2C2H6O.C2H6/c1-4-6-9-17(5-2)27(25,26)20-16-22-19-11-8-7-10-18(19)21(20)24-14-12-23(3)13-15-24;2*1-3-2;1-2/h4-11,16H,2,12-15H2,1,3H3;2*1-2H3;1-2H3/b6-4+,17-9+;;;. The molecule has 1 aromatic carbocycles. The molecule has 7 nitrogen and oxygen atoms in total. The highest BCUT2D eigenvalue weighted by molar-refractivity contribution is 7.95. The first-order valence-corrected chi connectivity index (χ1v) is 13.1. The van der Waals surface area contributed by atoms with Crippen molar-refractivity contribution >= 4 is 26.4 Å². The number of benzene rings is 1. The molecule has 0 amide bonds. The van der Waals surface area contributed by atoms with Gasteiger partial charge in [-0.3, -0.25) is 4.98 Å². The first-order valence-electron chi connectivity index (χ1n) is 11.6. The second kappa shape index (κ2) is 17.8. The maximum atomic E-state index is 13.4. The largest absolute Gasteiger partial charge is 0.388 e. The summed E-state index contributed by atoms with van der Waals surface area (Å²) in [7, 11) is 4.84. The molecule has 1 aliphatic heterocycles. The fourth-order valence-corrected chi connectivity index (χ4v) is 4.66. The highest BCUT2D eigenvalue weighted by Gasteiger charge is 2.28. The van der Waals surface area contributed by atoms with Gasteiger partial charge in [-0.25, -0.2) is 8.42 Å². The Morgan fingerprint density at radius 3 is 2.09 bits per heavy atom. The van der Waals surface area contributed by atoms with Crippen molar-refractivity contribution in [1.29, 1.82) is 0 Å². The highest BCUT2D eigenvalue weighted by Crippen LogP contribution is 2.36. The number of hydrogen-bond acceptors (Lipinski definition) is 7. The van der Waals surface area contributed by atoms with Crippen LogP contribution in [0.25, 0.3) is 10.9 Å². The number of methoxy groups -OCH3 is 2. The Labute approximate surface area is 212 Å². The molecule has 1 fully saturated rings. The number of piperazine rings is 1. The second-order valence-electron chi connectivity index (χ2n) is 7.40. The number of para-hydroxylation sites is 1. The predicted octanol–water partition coefficient (Wildman–Crippen LogP) is 4.96. The van der Waals surface area contributed by atoms with E-state index in [9.17, 15) is 8.42 Å². The molecule has 2 heterocycles. The molecule has 0 aliphatic carbocycles. The molecule has 8 heteroatoms. The molecule has 0 saturated carbocycles. The Morgan fingerprint density at radius 1 is 1.03 bits per heavy atom. The zero-order valence-corrected chi connectivity index (χ0v) is 23.4. The van der Waals surface area contributed by atoms with Crippen LogP contribution in [0, 0.1) is 0 Å². The average Bonchev–Trinajstić information content (AvgIpc) is 2.86. The summed E-state index contributed by atoms with van der Waals surface area (Å²) in [5.74, 6) is 0. The van der Waals surface area contributed by atoms with Gasteiger partial charge in [0.15, 0.2) is 0 Å². The predicted molar refractivity (Wildman–Crippen MR) is 149 cm³/mol. The summed E-state index contributed by atoms with van der Waals surface area (Å²) >= 11 is 0. The monoisotopic (exact) mass is 505 g/mol. The van der Waals surface area contributed by atoms with E-state index >= 15 is 0 Å². The van der Waals surface area contributed by atoms with E-state index in [0.717, 1.165) is 42.8 Å². The highest BCUT2D eigenvalue weighted by atomic mass is 32.2. The van der Waals surface area contributed by atoms with Crippen LogP contribution in [-0.4, -0.2) is 80.0 Å². The Kier molecular flexibility index (Phi) is 16.6. The van der Waals surface area contributed by atoms with Crippen LogP contribution < -0.4 is 4.90 Å². The molecule has 0 bridgehead atoms. The van der Waals surface area contributed by atoms with Gasteiger partial charge in [-0.05, 0) is 26.1 Å². The van der Waals surface area contributed by atoms with Gasteiger partial charge in [-0.1, -0.05) is 56.9 Å². The first-order chi connectivity index (χ1) is 16.8. The fraction of sp³-hybridized carbons (Fsp3) is 0.444. The van der Waals surface area contributed by atoms with Crippen molar-refractivity contribution in [3.8, 4) is 0 Å². The Hall–Kier alpha value is -2.52. The third kappa shape index (κ3) is 9.57. The normalized spacial score (nSPS) is 14.3. The number of sulfone groups is 1. The smallest absolute Gasteiger partial charge is 0.210 e. The van der Waals surface area contributed by atoms with Gasteiger partial charge in [0.2, 0.25) is 9.84 Å². The molecule has 3 rings (SSSR count). The van der Waals surface area contributed by atoms with Gasteiger partial charge in [0, 0.05) is 66.2 Å². The van der Waals surface area contributed by atoms with Crippen LogP contribution in [0.15, 0.2) is 71.1 Å². The van der Waals surface area contributed by atoms with E-state index in [1.165, 1.54) is 12.3 Å². The summed E-state index contributed by atoms with van der Waals surface area (Å²) in [6.07, 6.45) is 7.94. The third-order valence-corrected chi connectivity index (χ3v) is 6.59. The quantitative estimate of drug-likeness (QED) is 0.532. The Balaban J connectivity index is 0.00000129. The average molecular weight is 506 g/mol. The van der Waals surface area contributed by atoms with Gasteiger partial charge in [0.05, 0.1) is 16.1 Å². The van der Waals surface area contributed by atoms with Gasteiger partial charge in [0.25, 0.3) is 0 Å². The number of ether oxygens (including phenoxy) is 2. The minimum atomic E-state index is -3.73. The first kappa shape index (κ1) is 32.5. The third-order valence-electron chi connectivity index (χ3n) is 4.79. The van der Waals surface area contributed by atoms with Crippen molar-refractivity contribution in [3.05, 3.63) is 66.3 Å². The van der Waals surface area contributed by atoms with E-state index < -0.39 is 9.84 Å². The van der Waals surface area contributed by atoms with Gasteiger partial charge in [-0.2, -0.15) is 0 Å². The number of allylic oxidation sites excluding steroid dienone is 4. The van der Waals surface area contributed by atoms with Crippen LogP contribution in [0.5, 0.6) is 0 Å². The maximum absolute atomic E-state index is 13.4. The molecule has 0 radical (unpaired) electrons. The molecule has 0 unspecified atom stereocenters. The molecule has 1 aromatic heterocycles. The molecular formula is C27H43N3O4S. The molecule has 0 atom stereocenters. The summed E-state index contributed by atoms with van der Waals surface area (Å²) in [6.45, 7) is 12.9. The van der Waals surface area contributed by atoms with Crippen LogP contribution in [0.3, 0.4) is 0 Å². The lowest BCUT2D eigenvalue weighted by molar-refractivity contribution is 0.277. The molecular weight excluding hydrogens is 462 g/mol. The van der Waals surface area contributed by atoms with Crippen LogP contribution in [-0.2, 0) is 19.3 Å². The molecule has 0 spiro atoms. The number of nitrogens with zero attached hydrogens (tertiary/aromatic N) is 3. The van der Waals surface area contributed by atoms with Crippen LogP contribution in [0.4, 0.5) is 5.69 Å². The SMILES string of the molecule is C=C/C(=C\C=C\C)S(=O)(=O)c1cnc2ccccc2c1N1CCN(C)CC1.CC.COC.COC. The summed E-state index contributed by atoms with van der Waals surface area (Å²) in [4.78, 5) is 9.24. The Morgan fingerprint density at radius 2 is 1.57 bits per heavy atom. The molecule has 2 aromatic rings. The van der Waals surface area contributed by atoms with Crippen LogP contribution in [0.1, 0.15) is 20.8 Å². The van der Waals surface area contributed by atoms with E-state index in [1.807, 2.05) is 45.0 Å². The number of hydrogen-bond donors (Lipinski definition) is 0. The van der Waals surface area contributed by atoms with E-state index in [2.05, 4.69) is 37.9 Å². The summed E-state index contributed by atoms with van der Waals surface area (Å²) in [5.41, 5.74) is 1.53. The number of aromatic nitrogens is 1. The van der Waals surface area contributed by atoms with Crippen molar-refractivity contribution in [3.63, 3.8) is 0 Å². The van der Waals surface area contributed by atoms with Crippen LogP contribution >= 0.6 is 0 Å². The van der Waals surface area contributed by atoms with Gasteiger partial charge < -0.3 is 19.3 Å². The Bertz CT molecular complexity index is 1040. The lowest BCUT2D eigenvalue weighted by Crippen LogP contribution is -2.45. The number of anilines is 1.